The zero-order chi connectivity index (χ0) is 28.6. The Kier molecular flexibility index (Phi) is 6.22. The quantitative estimate of drug-likeness (QED) is 0.256. The molecule has 2 aromatic heterocycles. The van der Waals surface area contributed by atoms with Crippen LogP contribution in [-0.2, 0) is 0 Å². The molecule has 2 heterocycles. The van der Waals surface area contributed by atoms with Gasteiger partial charge in [-0.25, -0.2) is 0 Å². The molecule has 0 amide bonds. The van der Waals surface area contributed by atoms with E-state index in [1.165, 1.54) is 0 Å². The highest BCUT2D eigenvalue weighted by Gasteiger charge is 2.14. The summed E-state index contributed by atoms with van der Waals surface area (Å²) in [5.41, 5.74) is 4.68. The van der Waals surface area contributed by atoms with Crippen molar-refractivity contribution < 1.29 is 10.2 Å². The first kappa shape index (κ1) is 25.3. The van der Waals surface area contributed by atoms with Crippen LogP contribution in [0.2, 0.25) is 0 Å². The van der Waals surface area contributed by atoms with Crippen LogP contribution in [0.3, 0.4) is 0 Å². The van der Waals surface area contributed by atoms with Crippen LogP contribution in [0, 0.1) is 59.2 Å². The maximum absolute atomic E-state index is 9.92. The molecule has 6 aromatic rings. The Labute approximate surface area is 226 Å². The Bertz CT molecular complexity index is 2150. The van der Waals surface area contributed by atoms with E-state index in [4.69, 9.17) is 15.8 Å². The molecular formula is C30H16N8O2. The van der Waals surface area contributed by atoms with Gasteiger partial charge in [0.2, 0.25) is 0 Å². The van der Waals surface area contributed by atoms with Gasteiger partial charge in [0.15, 0.2) is 0 Å². The first-order chi connectivity index (χ1) is 19.3. The van der Waals surface area contributed by atoms with Crippen molar-refractivity contribution in [2.75, 3.05) is 0 Å². The van der Waals surface area contributed by atoms with Crippen LogP contribution < -0.4 is 0 Å². The van der Waals surface area contributed by atoms with E-state index in [-0.39, 0.29) is 33.8 Å². The summed E-state index contributed by atoms with van der Waals surface area (Å²) in [6.07, 6.45) is 0. The molecule has 0 aliphatic rings. The lowest BCUT2D eigenvalue weighted by atomic mass is 10.0. The van der Waals surface area contributed by atoms with E-state index in [1.54, 1.807) is 42.5 Å². The van der Waals surface area contributed by atoms with E-state index in [9.17, 15) is 15.5 Å². The number of fused-ring (bicyclic) bond motifs is 6. The fourth-order valence-electron chi connectivity index (χ4n) is 4.56. The van der Waals surface area contributed by atoms with Crippen LogP contribution in [-0.4, -0.2) is 30.6 Å². The summed E-state index contributed by atoms with van der Waals surface area (Å²) >= 11 is 0. The number of nitriles is 4. The Balaban J connectivity index is 0.000000161. The van der Waals surface area contributed by atoms with Crippen molar-refractivity contribution in [1.29, 1.82) is 21.0 Å². The number of hydrogen-bond donors (Lipinski definition) is 2. The molecular weight excluding hydrogens is 504 g/mol. The van der Waals surface area contributed by atoms with Crippen LogP contribution in [0.1, 0.15) is 33.4 Å². The smallest absolute Gasteiger partial charge is 0.143 e. The first-order valence-corrected chi connectivity index (χ1v) is 11.8. The standard InChI is InChI=1S/2C15H8N4O/c1-8-2-11(20)5-13-12-3-9(6-16)10(7-17)4-14(12)18-19-15(8)13;1-8-4-11-10-3-2-9(6-16)12(7-17)14(10)18-19-15(11)13(20)5-8/h2*2-5,20H,1H3. The van der Waals surface area contributed by atoms with Gasteiger partial charge < -0.3 is 10.2 Å². The average Bonchev–Trinajstić information content (AvgIpc) is 2.95. The molecule has 0 fully saturated rings. The second-order valence-electron chi connectivity index (χ2n) is 8.99. The minimum atomic E-state index is 0.0530. The summed E-state index contributed by atoms with van der Waals surface area (Å²) in [6.45, 7) is 3.69. The third kappa shape index (κ3) is 4.15. The van der Waals surface area contributed by atoms with Gasteiger partial charge in [-0.3, -0.25) is 0 Å². The number of benzene rings is 4. The number of phenolic OH excluding ortho intramolecular Hbond substituents is 2. The van der Waals surface area contributed by atoms with Crippen molar-refractivity contribution in [1.82, 2.24) is 20.4 Å². The highest BCUT2D eigenvalue weighted by Crippen LogP contribution is 2.32. The van der Waals surface area contributed by atoms with Gasteiger partial charge in [-0.15, -0.1) is 20.4 Å². The number of aromatic nitrogens is 4. The Morgan fingerprint density at radius 1 is 0.575 bits per heavy atom. The van der Waals surface area contributed by atoms with Gasteiger partial charge in [-0.2, -0.15) is 21.0 Å². The Hall–Kier alpha value is -6.36. The van der Waals surface area contributed by atoms with Crippen LogP contribution >= 0.6 is 0 Å². The lowest BCUT2D eigenvalue weighted by molar-refractivity contribution is 0.475. The predicted octanol–water partition coefficient (Wildman–Crippen LogP) is 5.08. The van der Waals surface area contributed by atoms with E-state index in [1.807, 2.05) is 44.2 Å². The molecule has 0 atom stereocenters. The normalized spacial score (nSPS) is 10.3. The van der Waals surface area contributed by atoms with E-state index >= 15 is 0 Å². The second-order valence-corrected chi connectivity index (χ2v) is 8.99. The van der Waals surface area contributed by atoms with Gasteiger partial charge >= 0.3 is 0 Å². The third-order valence-corrected chi connectivity index (χ3v) is 6.39. The van der Waals surface area contributed by atoms with Crippen molar-refractivity contribution in [3.05, 3.63) is 81.9 Å². The zero-order valence-electron chi connectivity index (χ0n) is 21.1. The van der Waals surface area contributed by atoms with Crippen molar-refractivity contribution >= 4 is 43.6 Å². The Morgan fingerprint density at radius 3 is 1.93 bits per heavy atom. The largest absolute Gasteiger partial charge is 0.508 e. The van der Waals surface area contributed by atoms with Gasteiger partial charge in [0.1, 0.15) is 46.8 Å². The van der Waals surface area contributed by atoms with Crippen LogP contribution in [0.15, 0.2) is 48.5 Å². The van der Waals surface area contributed by atoms with Gasteiger partial charge in [-0.1, -0.05) is 6.07 Å². The summed E-state index contributed by atoms with van der Waals surface area (Å²) < 4.78 is 0. The monoisotopic (exact) mass is 520 g/mol. The fourth-order valence-corrected chi connectivity index (χ4v) is 4.56. The fraction of sp³-hybridized carbons (Fsp3) is 0.0667. The minimum absolute atomic E-state index is 0.0530. The summed E-state index contributed by atoms with van der Waals surface area (Å²) in [5.74, 6) is 0.185. The molecule has 10 nitrogen and oxygen atoms in total. The lowest BCUT2D eigenvalue weighted by Crippen LogP contribution is -1.94. The lowest BCUT2D eigenvalue weighted by Gasteiger charge is -2.06. The van der Waals surface area contributed by atoms with Crippen molar-refractivity contribution in [3.63, 3.8) is 0 Å². The molecule has 0 aliphatic heterocycles. The molecule has 0 saturated carbocycles. The van der Waals surface area contributed by atoms with Gasteiger partial charge in [-0.05, 0) is 67.4 Å². The van der Waals surface area contributed by atoms with Crippen molar-refractivity contribution in [2.45, 2.75) is 13.8 Å². The maximum atomic E-state index is 9.92. The van der Waals surface area contributed by atoms with E-state index in [0.29, 0.717) is 43.6 Å². The SMILES string of the molecule is Cc1cc(O)c2nnc3c(C#N)c(C#N)ccc3c2c1.Cc1cc(O)cc2c1nnc1cc(C#N)c(C#N)cc12. The third-order valence-electron chi connectivity index (χ3n) is 6.39. The Morgan fingerprint density at radius 2 is 1.23 bits per heavy atom. The second kappa shape index (κ2) is 9.84. The molecule has 10 heteroatoms. The number of nitrogens with zero attached hydrogens (tertiary/aromatic N) is 8. The number of aromatic hydroxyl groups is 2. The predicted molar refractivity (Wildman–Crippen MR) is 146 cm³/mol. The average molecular weight is 521 g/mol. The number of rotatable bonds is 0. The molecule has 6 rings (SSSR count). The molecule has 40 heavy (non-hydrogen) atoms. The molecule has 0 unspecified atom stereocenters. The maximum Gasteiger partial charge on any atom is 0.143 e. The van der Waals surface area contributed by atoms with E-state index in [0.717, 1.165) is 11.1 Å². The molecule has 0 aliphatic carbocycles. The number of hydrogen-bond acceptors (Lipinski definition) is 10. The molecule has 0 spiro atoms. The van der Waals surface area contributed by atoms with Gasteiger partial charge in [0, 0.05) is 21.5 Å². The summed E-state index contributed by atoms with van der Waals surface area (Å²) in [7, 11) is 0. The summed E-state index contributed by atoms with van der Waals surface area (Å²) in [6, 6.07) is 21.1. The highest BCUT2D eigenvalue weighted by molar-refractivity contribution is 6.08. The molecule has 0 saturated heterocycles. The number of aryl methyl sites for hydroxylation is 2. The molecule has 0 radical (unpaired) electrons. The van der Waals surface area contributed by atoms with Gasteiger partial charge in [0.25, 0.3) is 0 Å². The molecule has 0 bridgehead atoms. The van der Waals surface area contributed by atoms with Crippen molar-refractivity contribution in [3.8, 4) is 35.8 Å². The molecule has 4 aromatic carbocycles. The number of phenols is 2. The highest BCUT2D eigenvalue weighted by atomic mass is 16.3. The van der Waals surface area contributed by atoms with Crippen molar-refractivity contribution in [2.24, 2.45) is 0 Å². The molecule has 188 valence electrons. The van der Waals surface area contributed by atoms with Crippen LogP contribution in [0.25, 0.3) is 43.6 Å². The van der Waals surface area contributed by atoms with E-state index in [2.05, 4.69) is 20.4 Å². The van der Waals surface area contributed by atoms with Gasteiger partial charge in [0.05, 0.1) is 33.3 Å². The summed E-state index contributed by atoms with van der Waals surface area (Å²) in [4.78, 5) is 0. The van der Waals surface area contributed by atoms with E-state index < -0.39 is 0 Å². The topological polar surface area (TPSA) is 187 Å². The van der Waals surface area contributed by atoms with Crippen LogP contribution in [0.4, 0.5) is 0 Å². The summed E-state index contributed by atoms with van der Waals surface area (Å²) in [5, 5.41) is 75.0. The minimum Gasteiger partial charge on any atom is -0.508 e. The van der Waals surface area contributed by atoms with Crippen LogP contribution in [0.5, 0.6) is 11.5 Å². The zero-order valence-corrected chi connectivity index (χ0v) is 21.1. The molecule has 2 N–H and O–H groups in total. The first-order valence-electron chi connectivity index (χ1n) is 11.8.